The average molecular weight is 267 g/mol. The van der Waals surface area contributed by atoms with Gasteiger partial charge in [0.05, 0.1) is 16.1 Å². The number of rotatable bonds is 3. The van der Waals surface area contributed by atoms with Crippen LogP contribution in [-0.2, 0) is 0 Å². The van der Waals surface area contributed by atoms with E-state index in [0.29, 0.717) is 10.6 Å². The van der Waals surface area contributed by atoms with E-state index >= 15 is 0 Å². The first-order valence-electron chi connectivity index (χ1n) is 6.33. The number of nitrogens with zero attached hydrogens (tertiary/aromatic N) is 1. The lowest BCUT2D eigenvalue weighted by Crippen LogP contribution is -2.48. The minimum Gasteiger partial charge on any atom is -0.345 e. The molecule has 1 amide bonds. The third-order valence-corrected chi connectivity index (χ3v) is 3.86. The van der Waals surface area contributed by atoms with Crippen LogP contribution in [0.4, 0.5) is 0 Å². The van der Waals surface area contributed by atoms with Gasteiger partial charge in [0, 0.05) is 13.1 Å². The molecule has 1 saturated heterocycles. The number of hydrogen-bond acceptors (Lipinski definition) is 2. The van der Waals surface area contributed by atoms with Gasteiger partial charge in [0.25, 0.3) is 5.91 Å². The Balaban J connectivity index is 2.06. The summed E-state index contributed by atoms with van der Waals surface area (Å²) in [4.78, 5) is 14.5. The van der Waals surface area contributed by atoms with E-state index in [4.69, 9.17) is 11.6 Å². The lowest BCUT2D eigenvalue weighted by Gasteiger charge is -2.26. The molecule has 1 aliphatic rings. The van der Waals surface area contributed by atoms with Crippen molar-refractivity contribution in [2.75, 3.05) is 19.6 Å². The maximum absolute atomic E-state index is 12.2. The van der Waals surface area contributed by atoms with E-state index in [1.54, 1.807) is 12.1 Å². The van der Waals surface area contributed by atoms with E-state index in [1.807, 2.05) is 12.1 Å². The van der Waals surface area contributed by atoms with Crippen LogP contribution in [0, 0.1) is 0 Å². The Kier molecular flexibility index (Phi) is 3.93. The molecule has 0 saturated carbocycles. The molecule has 2 rings (SSSR count). The molecule has 0 spiro atoms. The minimum atomic E-state index is -0.147. The number of amides is 1. The summed E-state index contributed by atoms with van der Waals surface area (Å²) in [7, 11) is 0. The highest BCUT2D eigenvalue weighted by atomic mass is 35.5. The van der Waals surface area contributed by atoms with Gasteiger partial charge in [0.15, 0.2) is 0 Å². The molecule has 0 bridgehead atoms. The monoisotopic (exact) mass is 266 g/mol. The van der Waals surface area contributed by atoms with Crippen LogP contribution < -0.4 is 5.32 Å². The molecule has 1 aromatic carbocycles. The standard InChI is InChI=1S/C14H19ClN2O/c1-3-17-9-8-14(2,10-17)16-13(18)11-6-4-5-7-12(11)15/h4-7H,3,8-10H2,1-2H3,(H,16,18). The van der Waals surface area contributed by atoms with E-state index in [-0.39, 0.29) is 11.4 Å². The summed E-state index contributed by atoms with van der Waals surface area (Å²) in [5.74, 6) is -0.0824. The van der Waals surface area contributed by atoms with Gasteiger partial charge in [0.2, 0.25) is 0 Å². The summed E-state index contributed by atoms with van der Waals surface area (Å²) >= 11 is 6.03. The van der Waals surface area contributed by atoms with Gasteiger partial charge in [-0.25, -0.2) is 0 Å². The maximum Gasteiger partial charge on any atom is 0.253 e. The smallest absolute Gasteiger partial charge is 0.253 e. The summed E-state index contributed by atoms with van der Waals surface area (Å²) in [5.41, 5.74) is 0.405. The van der Waals surface area contributed by atoms with Crippen LogP contribution >= 0.6 is 11.6 Å². The molecule has 1 heterocycles. The summed E-state index contributed by atoms with van der Waals surface area (Å²) in [5, 5.41) is 3.62. The fourth-order valence-corrected chi connectivity index (χ4v) is 2.64. The van der Waals surface area contributed by atoms with Crippen LogP contribution in [0.3, 0.4) is 0 Å². The zero-order chi connectivity index (χ0) is 13.2. The van der Waals surface area contributed by atoms with Gasteiger partial charge in [-0.2, -0.15) is 0 Å². The average Bonchev–Trinajstić information content (AvgIpc) is 2.71. The first-order chi connectivity index (χ1) is 8.54. The fourth-order valence-electron chi connectivity index (χ4n) is 2.42. The van der Waals surface area contributed by atoms with Crippen molar-refractivity contribution in [3.8, 4) is 0 Å². The van der Waals surface area contributed by atoms with Gasteiger partial charge in [-0.15, -0.1) is 0 Å². The van der Waals surface area contributed by atoms with E-state index < -0.39 is 0 Å². The largest absolute Gasteiger partial charge is 0.345 e. The van der Waals surface area contributed by atoms with Crippen LogP contribution in [-0.4, -0.2) is 36.0 Å². The molecule has 1 aliphatic heterocycles. The van der Waals surface area contributed by atoms with Crippen molar-refractivity contribution in [2.45, 2.75) is 25.8 Å². The second-order valence-corrected chi connectivity index (χ2v) is 5.52. The molecule has 1 atom stereocenters. The van der Waals surface area contributed by atoms with Crippen molar-refractivity contribution in [1.29, 1.82) is 0 Å². The molecule has 0 aliphatic carbocycles. The van der Waals surface area contributed by atoms with Gasteiger partial charge in [-0.05, 0) is 32.0 Å². The van der Waals surface area contributed by atoms with E-state index in [0.717, 1.165) is 26.1 Å². The number of carbonyl (C=O) groups is 1. The Morgan fingerprint density at radius 2 is 2.22 bits per heavy atom. The Bertz CT molecular complexity index is 449. The Morgan fingerprint density at radius 3 is 2.83 bits per heavy atom. The summed E-state index contributed by atoms with van der Waals surface area (Å²) in [6, 6.07) is 7.16. The third kappa shape index (κ3) is 2.85. The minimum absolute atomic E-state index is 0.0824. The number of carbonyl (C=O) groups excluding carboxylic acids is 1. The highest BCUT2D eigenvalue weighted by molar-refractivity contribution is 6.33. The number of halogens is 1. The topological polar surface area (TPSA) is 32.3 Å². The molecule has 0 aromatic heterocycles. The van der Waals surface area contributed by atoms with Gasteiger partial charge in [-0.3, -0.25) is 4.79 Å². The molecule has 98 valence electrons. The first kappa shape index (κ1) is 13.4. The van der Waals surface area contributed by atoms with Crippen LogP contribution in [0.2, 0.25) is 5.02 Å². The molecule has 1 N–H and O–H groups in total. The van der Waals surface area contributed by atoms with Crippen molar-refractivity contribution in [1.82, 2.24) is 10.2 Å². The summed E-state index contributed by atoms with van der Waals surface area (Å²) in [6.07, 6.45) is 0.983. The van der Waals surface area contributed by atoms with E-state index in [9.17, 15) is 4.79 Å². The maximum atomic E-state index is 12.2. The van der Waals surface area contributed by atoms with Crippen molar-refractivity contribution in [3.05, 3.63) is 34.9 Å². The summed E-state index contributed by atoms with van der Waals surface area (Å²) < 4.78 is 0. The van der Waals surface area contributed by atoms with Crippen molar-refractivity contribution in [3.63, 3.8) is 0 Å². The number of likely N-dealkylation sites (N-methyl/N-ethyl adjacent to an activating group) is 1. The highest BCUT2D eigenvalue weighted by Gasteiger charge is 2.34. The SMILES string of the molecule is CCN1CCC(C)(NC(=O)c2ccccc2Cl)C1. The molecular formula is C14H19ClN2O. The van der Waals surface area contributed by atoms with E-state index in [2.05, 4.69) is 24.1 Å². The molecule has 4 heteroatoms. The number of nitrogens with one attached hydrogen (secondary N) is 1. The van der Waals surface area contributed by atoms with Crippen molar-refractivity contribution < 1.29 is 4.79 Å². The van der Waals surface area contributed by atoms with Gasteiger partial charge >= 0.3 is 0 Å². The second kappa shape index (κ2) is 5.29. The normalized spacial score (nSPS) is 24.2. The molecule has 1 fully saturated rings. The van der Waals surface area contributed by atoms with Crippen LogP contribution in [0.5, 0.6) is 0 Å². The lowest BCUT2D eigenvalue weighted by molar-refractivity contribution is 0.0908. The number of benzene rings is 1. The molecule has 1 aromatic rings. The fraction of sp³-hybridized carbons (Fsp3) is 0.500. The molecule has 0 radical (unpaired) electrons. The predicted molar refractivity (Wildman–Crippen MR) is 74.1 cm³/mol. The molecule has 1 unspecified atom stereocenters. The lowest BCUT2D eigenvalue weighted by atomic mass is 10.0. The van der Waals surface area contributed by atoms with Gasteiger partial charge < -0.3 is 10.2 Å². The second-order valence-electron chi connectivity index (χ2n) is 5.11. The quantitative estimate of drug-likeness (QED) is 0.912. The molecule has 3 nitrogen and oxygen atoms in total. The van der Waals surface area contributed by atoms with Gasteiger partial charge in [0.1, 0.15) is 0 Å². The van der Waals surface area contributed by atoms with Gasteiger partial charge in [-0.1, -0.05) is 30.7 Å². The molecule has 18 heavy (non-hydrogen) atoms. The van der Waals surface area contributed by atoms with Crippen molar-refractivity contribution in [2.24, 2.45) is 0 Å². The van der Waals surface area contributed by atoms with E-state index in [1.165, 1.54) is 0 Å². The highest BCUT2D eigenvalue weighted by Crippen LogP contribution is 2.22. The zero-order valence-electron chi connectivity index (χ0n) is 10.9. The number of hydrogen-bond donors (Lipinski definition) is 1. The Hall–Kier alpha value is -1.06. The molecular weight excluding hydrogens is 248 g/mol. The Labute approximate surface area is 113 Å². The van der Waals surface area contributed by atoms with Crippen molar-refractivity contribution >= 4 is 17.5 Å². The van der Waals surface area contributed by atoms with Crippen LogP contribution in [0.15, 0.2) is 24.3 Å². The first-order valence-corrected chi connectivity index (χ1v) is 6.71. The Morgan fingerprint density at radius 1 is 1.50 bits per heavy atom. The summed E-state index contributed by atoms with van der Waals surface area (Å²) in [6.45, 7) is 7.20. The predicted octanol–water partition coefficient (Wildman–Crippen LogP) is 2.55. The third-order valence-electron chi connectivity index (χ3n) is 3.53. The van der Waals surface area contributed by atoms with Crippen LogP contribution in [0.25, 0.3) is 0 Å². The number of likely N-dealkylation sites (tertiary alicyclic amines) is 1. The zero-order valence-corrected chi connectivity index (χ0v) is 11.6. The van der Waals surface area contributed by atoms with Crippen LogP contribution in [0.1, 0.15) is 30.6 Å².